The summed E-state index contributed by atoms with van der Waals surface area (Å²) in [4.78, 5) is 15.9. The maximum Gasteiger partial charge on any atom is 0.156 e. The van der Waals surface area contributed by atoms with Gasteiger partial charge in [0.25, 0.3) is 0 Å². The number of carbonyl (C=O) groups is 1. The molecule has 1 aromatic rings. The second-order valence-electron chi connectivity index (χ2n) is 3.74. The first-order chi connectivity index (χ1) is 7.75. The van der Waals surface area contributed by atoms with Crippen LogP contribution in [-0.4, -0.2) is 36.6 Å². The molecule has 0 aromatic carbocycles. The van der Waals surface area contributed by atoms with Crippen LogP contribution < -0.4 is 5.32 Å². The largest absolute Gasteiger partial charge is 0.378 e. The molecule has 16 heavy (non-hydrogen) atoms. The molecule has 1 fully saturated rings. The molecule has 0 saturated carbocycles. The molecule has 0 aliphatic carbocycles. The number of rotatable bonds is 3. The Morgan fingerprint density at radius 3 is 3.19 bits per heavy atom. The fourth-order valence-corrected chi connectivity index (χ4v) is 2.06. The van der Waals surface area contributed by atoms with E-state index in [1.165, 1.54) is 0 Å². The first kappa shape index (κ1) is 11.7. The minimum atomic E-state index is -0.173. The topological polar surface area (TPSA) is 51.2 Å². The van der Waals surface area contributed by atoms with Gasteiger partial charge < -0.3 is 10.1 Å². The number of morpholine rings is 1. The third kappa shape index (κ3) is 3.10. The Labute approximate surface area is 103 Å². The van der Waals surface area contributed by atoms with Gasteiger partial charge >= 0.3 is 0 Å². The highest BCUT2D eigenvalue weighted by molar-refractivity contribution is 9.10. The number of nitrogens with zero attached hydrogens (tertiary/aromatic N) is 1. The zero-order chi connectivity index (χ0) is 11.4. The smallest absolute Gasteiger partial charge is 0.156 e. The summed E-state index contributed by atoms with van der Waals surface area (Å²) in [5.74, 6) is 0.152. The molecule has 1 aromatic heterocycles. The number of ether oxygens (including phenoxy) is 1. The van der Waals surface area contributed by atoms with Crippen LogP contribution in [0.4, 0.5) is 0 Å². The Bertz CT molecular complexity index is 378. The van der Waals surface area contributed by atoms with Gasteiger partial charge in [0.1, 0.15) is 0 Å². The van der Waals surface area contributed by atoms with E-state index in [1.54, 1.807) is 12.4 Å². The van der Waals surface area contributed by atoms with Crippen molar-refractivity contribution in [1.82, 2.24) is 10.3 Å². The third-order valence-electron chi connectivity index (χ3n) is 2.45. The second kappa shape index (κ2) is 5.52. The van der Waals surface area contributed by atoms with Crippen molar-refractivity contribution in [3.63, 3.8) is 0 Å². The molecule has 1 saturated heterocycles. The molecule has 86 valence electrons. The lowest BCUT2D eigenvalue weighted by Crippen LogP contribution is -2.47. The number of aromatic nitrogens is 1. The quantitative estimate of drug-likeness (QED) is 0.898. The zero-order valence-electron chi connectivity index (χ0n) is 8.78. The number of Topliss-reactive ketones (excluding diaryl/α,β-unsaturated/α-hetero) is 1. The van der Waals surface area contributed by atoms with E-state index in [-0.39, 0.29) is 11.8 Å². The summed E-state index contributed by atoms with van der Waals surface area (Å²) in [5, 5.41) is 3.15. The van der Waals surface area contributed by atoms with Gasteiger partial charge in [-0.05, 0) is 27.6 Å². The van der Waals surface area contributed by atoms with Crippen molar-refractivity contribution in [1.29, 1.82) is 0 Å². The SMILES string of the molecule is O=C(Cc1cncc(Br)c1)C1COCCN1. The fraction of sp³-hybridized carbons (Fsp3) is 0.455. The monoisotopic (exact) mass is 284 g/mol. The Hall–Kier alpha value is -0.780. The normalized spacial score (nSPS) is 20.7. The van der Waals surface area contributed by atoms with Gasteiger partial charge in [0.2, 0.25) is 0 Å². The molecule has 0 radical (unpaired) electrons. The summed E-state index contributed by atoms with van der Waals surface area (Å²) in [7, 11) is 0. The van der Waals surface area contributed by atoms with Gasteiger partial charge in [-0.2, -0.15) is 0 Å². The molecule has 0 spiro atoms. The minimum absolute atomic E-state index is 0.152. The molecule has 2 heterocycles. The van der Waals surface area contributed by atoms with Crippen LogP contribution >= 0.6 is 15.9 Å². The number of carbonyl (C=O) groups excluding carboxylic acids is 1. The van der Waals surface area contributed by atoms with Crippen LogP contribution in [0.3, 0.4) is 0 Å². The van der Waals surface area contributed by atoms with Gasteiger partial charge in [-0.25, -0.2) is 0 Å². The number of nitrogens with one attached hydrogen (secondary N) is 1. The standard InChI is InChI=1S/C11H13BrN2O2/c12-9-3-8(5-13-6-9)4-11(15)10-7-16-2-1-14-10/h3,5-6,10,14H,1-2,4,7H2. The number of pyridine rings is 1. The summed E-state index contributed by atoms with van der Waals surface area (Å²) in [5.41, 5.74) is 0.923. The molecule has 1 atom stereocenters. The number of ketones is 1. The highest BCUT2D eigenvalue weighted by Crippen LogP contribution is 2.11. The van der Waals surface area contributed by atoms with Gasteiger partial charge in [0, 0.05) is 29.8 Å². The molecule has 1 N–H and O–H groups in total. The van der Waals surface area contributed by atoms with E-state index < -0.39 is 0 Å². The van der Waals surface area contributed by atoms with E-state index in [0.717, 1.165) is 16.6 Å². The average Bonchev–Trinajstić information content (AvgIpc) is 2.30. The molecule has 1 aliphatic rings. The predicted molar refractivity (Wildman–Crippen MR) is 63.3 cm³/mol. The van der Waals surface area contributed by atoms with Crippen molar-refractivity contribution >= 4 is 21.7 Å². The van der Waals surface area contributed by atoms with E-state index in [4.69, 9.17) is 4.74 Å². The molecular weight excluding hydrogens is 272 g/mol. The Morgan fingerprint density at radius 1 is 1.62 bits per heavy atom. The lowest BCUT2D eigenvalue weighted by atomic mass is 10.1. The molecule has 1 aliphatic heterocycles. The van der Waals surface area contributed by atoms with Crippen LogP contribution in [0.1, 0.15) is 5.56 Å². The summed E-state index contributed by atoms with van der Waals surface area (Å²) in [6.45, 7) is 1.90. The van der Waals surface area contributed by atoms with Crippen LogP contribution in [0.25, 0.3) is 0 Å². The minimum Gasteiger partial charge on any atom is -0.378 e. The van der Waals surface area contributed by atoms with Gasteiger partial charge in [-0.15, -0.1) is 0 Å². The molecule has 2 rings (SSSR count). The lowest BCUT2D eigenvalue weighted by Gasteiger charge is -2.22. The summed E-state index contributed by atoms with van der Waals surface area (Å²) >= 11 is 3.33. The van der Waals surface area contributed by atoms with Crippen molar-refractivity contribution in [2.45, 2.75) is 12.5 Å². The maximum atomic E-state index is 11.9. The fourth-order valence-electron chi connectivity index (χ4n) is 1.65. The van der Waals surface area contributed by atoms with Crippen LogP contribution in [0.15, 0.2) is 22.9 Å². The first-order valence-electron chi connectivity index (χ1n) is 5.19. The predicted octanol–water partition coefficient (Wildman–Crippen LogP) is 0.944. The summed E-state index contributed by atoms with van der Waals surface area (Å²) in [6.07, 6.45) is 3.82. The molecule has 4 nitrogen and oxygen atoms in total. The van der Waals surface area contributed by atoms with Crippen LogP contribution in [0.5, 0.6) is 0 Å². The molecular formula is C11H13BrN2O2. The van der Waals surface area contributed by atoms with Crippen LogP contribution in [0.2, 0.25) is 0 Å². The molecule has 5 heteroatoms. The van der Waals surface area contributed by atoms with Gasteiger partial charge in [-0.3, -0.25) is 9.78 Å². The van der Waals surface area contributed by atoms with E-state index in [9.17, 15) is 4.79 Å². The van der Waals surface area contributed by atoms with E-state index in [1.807, 2.05) is 6.07 Å². The van der Waals surface area contributed by atoms with Gasteiger partial charge in [-0.1, -0.05) is 0 Å². The van der Waals surface area contributed by atoms with Gasteiger partial charge in [0.05, 0.1) is 19.3 Å². The second-order valence-corrected chi connectivity index (χ2v) is 4.65. The number of halogens is 1. The van der Waals surface area contributed by atoms with Crippen molar-refractivity contribution in [3.8, 4) is 0 Å². The first-order valence-corrected chi connectivity index (χ1v) is 5.98. The summed E-state index contributed by atoms with van der Waals surface area (Å²) in [6, 6.07) is 1.74. The van der Waals surface area contributed by atoms with Crippen molar-refractivity contribution in [3.05, 3.63) is 28.5 Å². The van der Waals surface area contributed by atoms with Gasteiger partial charge in [0.15, 0.2) is 5.78 Å². The number of hydrogen-bond donors (Lipinski definition) is 1. The maximum absolute atomic E-state index is 11.9. The van der Waals surface area contributed by atoms with Crippen molar-refractivity contribution in [2.24, 2.45) is 0 Å². The summed E-state index contributed by atoms with van der Waals surface area (Å²) < 4.78 is 6.15. The van der Waals surface area contributed by atoms with E-state index in [0.29, 0.717) is 19.6 Å². The van der Waals surface area contributed by atoms with Crippen molar-refractivity contribution in [2.75, 3.05) is 19.8 Å². The van der Waals surface area contributed by atoms with Crippen LogP contribution in [-0.2, 0) is 16.0 Å². The van der Waals surface area contributed by atoms with Crippen molar-refractivity contribution < 1.29 is 9.53 Å². The van der Waals surface area contributed by atoms with E-state index >= 15 is 0 Å². The highest BCUT2D eigenvalue weighted by atomic mass is 79.9. The van der Waals surface area contributed by atoms with E-state index in [2.05, 4.69) is 26.2 Å². The lowest BCUT2D eigenvalue weighted by molar-refractivity contribution is -0.123. The highest BCUT2D eigenvalue weighted by Gasteiger charge is 2.21. The molecule has 0 bridgehead atoms. The molecule has 1 unspecified atom stereocenters. The van der Waals surface area contributed by atoms with Crippen LogP contribution in [0, 0.1) is 0 Å². The Morgan fingerprint density at radius 2 is 2.50 bits per heavy atom. The third-order valence-corrected chi connectivity index (χ3v) is 2.88. The average molecular weight is 285 g/mol. The number of hydrogen-bond acceptors (Lipinski definition) is 4. The Kier molecular flexibility index (Phi) is 4.04. The molecule has 0 amide bonds. The zero-order valence-corrected chi connectivity index (χ0v) is 10.4. The Balaban J connectivity index is 1.96.